The van der Waals surface area contributed by atoms with Crippen molar-refractivity contribution in [1.29, 1.82) is 0 Å². The second kappa shape index (κ2) is 23.6. The highest BCUT2D eigenvalue weighted by Gasteiger charge is 1.94. The van der Waals surface area contributed by atoms with Crippen molar-refractivity contribution in [3.05, 3.63) is 0 Å². The van der Waals surface area contributed by atoms with E-state index in [4.69, 9.17) is 45.4 Å². The second-order valence-electron chi connectivity index (χ2n) is 5.35. The first-order chi connectivity index (χ1) is 13.3. The van der Waals surface area contributed by atoms with Gasteiger partial charge < -0.3 is 38.5 Å². The van der Waals surface area contributed by atoms with E-state index in [0.717, 1.165) is 18.1 Å². The lowest BCUT2D eigenvalue weighted by Gasteiger charge is -2.08. The SMILES string of the molecule is CCOCCOCCOCCOCCOCCOCCOCCNC(C)=S. The van der Waals surface area contributed by atoms with Crippen molar-refractivity contribution in [2.24, 2.45) is 0 Å². The fraction of sp³-hybridized carbons (Fsp3) is 0.944. The smallest absolute Gasteiger partial charge is 0.0722 e. The van der Waals surface area contributed by atoms with E-state index in [1.807, 2.05) is 13.8 Å². The number of rotatable bonds is 22. The van der Waals surface area contributed by atoms with Crippen LogP contribution in [-0.2, 0) is 33.2 Å². The Morgan fingerprint density at radius 2 is 0.852 bits per heavy atom. The van der Waals surface area contributed by atoms with Gasteiger partial charge in [0.2, 0.25) is 0 Å². The quantitative estimate of drug-likeness (QED) is 0.208. The summed E-state index contributed by atoms with van der Waals surface area (Å²) in [7, 11) is 0. The van der Waals surface area contributed by atoms with Crippen LogP contribution in [0.5, 0.6) is 0 Å². The molecule has 9 heteroatoms. The summed E-state index contributed by atoms with van der Waals surface area (Å²) in [6.07, 6.45) is 0. The topological polar surface area (TPSA) is 76.6 Å². The Bertz CT molecular complexity index is 311. The van der Waals surface area contributed by atoms with Gasteiger partial charge in [0.1, 0.15) is 0 Å². The molecule has 0 aromatic rings. The molecule has 0 aliphatic heterocycles. The highest BCUT2D eigenvalue weighted by atomic mass is 32.1. The molecule has 8 nitrogen and oxygen atoms in total. The monoisotopic (exact) mass is 411 g/mol. The third kappa shape index (κ3) is 25.6. The molecule has 0 saturated heterocycles. The molecule has 0 aliphatic rings. The predicted molar refractivity (Wildman–Crippen MR) is 108 cm³/mol. The molecule has 0 aromatic heterocycles. The Morgan fingerprint density at radius 1 is 0.556 bits per heavy atom. The second-order valence-corrected chi connectivity index (χ2v) is 5.97. The van der Waals surface area contributed by atoms with E-state index >= 15 is 0 Å². The third-order valence-corrected chi connectivity index (χ3v) is 3.20. The lowest BCUT2D eigenvalue weighted by Crippen LogP contribution is -2.23. The van der Waals surface area contributed by atoms with Crippen LogP contribution < -0.4 is 5.32 Å². The van der Waals surface area contributed by atoms with Crippen molar-refractivity contribution in [2.75, 3.05) is 99.0 Å². The summed E-state index contributed by atoms with van der Waals surface area (Å²) in [5.74, 6) is 0. The van der Waals surface area contributed by atoms with Crippen LogP contribution in [0.1, 0.15) is 13.8 Å². The van der Waals surface area contributed by atoms with Crippen LogP contribution >= 0.6 is 12.2 Å². The first kappa shape index (κ1) is 26.6. The maximum absolute atomic E-state index is 5.41. The van der Waals surface area contributed by atoms with Crippen LogP contribution in [0.4, 0.5) is 0 Å². The summed E-state index contributed by atoms with van der Waals surface area (Å²) >= 11 is 4.90. The lowest BCUT2D eigenvalue weighted by atomic mass is 10.6. The molecule has 0 amide bonds. The Kier molecular flexibility index (Phi) is 23.3. The largest absolute Gasteiger partial charge is 0.379 e. The molecule has 0 atom stereocenters. The molecule has 0 radical (unpaired) electrons. The molecule has 0 saturated carbocycles. The average Bonchev–Trinajstić information content (AvgIpc) is 2.65. The Labute approximate surface area is 169 Å². The Morgan fingerprint density at radius 3 is 1.15 bits per heavy atom. The van der Waals surface area contributed by atoms with Gasteiger partial charge in [0.05, 0.1) is 90.9 Å². The summed E-state index contributed by atoms with van der Waals surface area (Å²) in [4.78, 5) is 0.780. The zero-order valence-electron chi connectivity index (χ0n) is 16.9. The normalized spacial score (nSPS) is 11.0. The molecule has 1 N–H and O–H groups in total. The molecule has 0 unspecified atom stereocenters. The number of nitrogens with one attached hydrogen (secondary N) is 1. The van der Waals surface area contributed by atoms with Crippen LogP contribution in [0.3, 0.4) is 0 Å². The van der Waals surface area contributed by atoms with Crippen molar-refractivity contribution < 1.29 is 33.2 Å². The molecular weight excluding hydrogens is 374 g/mol. The van der Waals surface area contributed by atoms with Crippen molar-refractivity contribution in [3.8, 4) is 0 Å². The minimum atomic E-state index is 0.545. The molecule has 0 rings (SSSR count). The maximum Gasteiger partial charge on any atom is 0.0722 e. The maximum atomic E-state index is 5.41. The lowest BCUT2D eigenvalue weighted by molar-refractivity contribution is -0.0199. The van der Waals surface area contributed by atoms with E-state index in [9.17, 15) is 0 Å². The highest BCUT2D eigenvalue weighted by Crippen LogP contribution is 1.85. The van der Waals surface area contributed by atoms with Crippen LogP contribution in [0.2, 0.25) is 0 Å². The third-order valence-electron chi connectivity index (χ3n) is 3.06. The molecular formula is C18H37NO7S. The summed E-state index contributed by atoms with van der Waals surface area (Å²) in [5.41, 5.74) is 0. The zero-order valence-corrected chi connectivity index (χ0v) is 17.7. The van der Waals surface area contributed by atoms with Gasteiger partial charge in [-0.25, -0.2) is 0 Å². The van der Waals surface area contributed by atoms with Gasteiger partial charge in [0, 0.05) is 13.2 Å². The van der Waals surface area contributed by atoms with Gasteiger partial charge in [-0.15, -0.1) is 0 Å². The van der Waals surface area contributed by atoms with Crippen molar-refractivity contribution in [2.45, 2.75) is 13.8 Å². The first-order valence-corrected chi connectivity index (χ1v) is 9.96. The van der Waals surface area contributed by atoms with Crippen LogP contribution in [-0.4, -0.2) is 104 Å². The molecule has 0 heterocycles. The molecule has 27 heavy (non-hydrogen) atoms. The van der Waals surface area contributed by atoms with Crippen molar-refractivity contribution in [3.63, 3.8) is 0 Å². The molecule has 0 bridgehead atoms. The number of ether oxygens (including phenoxy) is 7. The minimum absolute atomic E-state index is 0.545. The first-order valence-electron chi connectivity index (χ1n) is 9.56. The molecule has 0 aliphatic carbocycles. The Hall–Kier alpha value is -0.390. The van der Waals surface area contributed by atoms with E-state index in [1.165, 1.54) is 0 Å². The van der Waals surface area contributed by atoms with Gasteiger partial charge >= 0.3 is 0 Å². The standard InChI is InChI=1S/C18H37NO7S/c1-3-20-6-7-22-10-11-24-14-15-26-17-16-25-13-12-23-9-8-21-5-4-19-18(2)27/h3-17H2,1-2H3,(H,19,27). The summed E-state index contributed by atoms with van der Waals surface area (Å²) in [5, 5.41) is 3.02. The van der Waals surface area contributed by atoms with Crippen LogP contribution in [0, 0.1) is 0 Å². The van der Waals surface area contributed by atoms with E-state index in [2.05, 4.69) is 5.32 Å². The van der Waals surface area contributed by atoms with Crippen LogP contribution in [0.25, 0.3) is 0 Å². The summed E-state index contributed by atoms with van der Waals surface area (Å²) in [6.45, 7) is 12.7. The van der Waals surface area contributed by atoms with Gasteiger partial charge in [-0.05, 0) is 13.8 Å². The predicted octanol–water partition coefficient (Wildman–Crippen LogP) is 1.06. The summed E-state index contributed by atoms with van der Waals surface area (Å²) < 4.78 is 37.5. The molecule has 162 valence electrons. The fourth-order valence-electron chi connectivity index (χ4n) is 1.76. The highest BCUT2D eigenvalue weighted by molar-refractivity contribution is 7.80. The number of hydrogen-bond acceptors (Lipinski definition) is 8. The zero-order chi connectivity index (χ0) is 19.8. The van der Waals surface area contributed by atoms with E-state index in [-0.39, 0.29) is 0 Å². The van der Waals surface area contributed by atoms with E-state index < -0.39 is 0 Å². The summed E-state index contributed by atoms with van der Waals surface area (Å²) in [6, 6.07) is 0. The van der Waals surface area contributed by atoms with E-state index in [1.54, 1.807) is 0 Å². The van der Waals surface area contributed by atoms with Crippen molar-refractivity contribution >= 4 is 17.2 Å². The molecule has 0 fully saturated rings. The number of thiocarbonyl (C=S) groups is 1. The van der Waals surface area contributed by atoms with Gasteiger partial charge in [-0.2, -0.15) is 0 Å². The van der Waals surface area contributed by atoms with Gasteiger partial charge in [0.25, 0.3) is 0 Å². The minimum Gasteiger partial charge on any atom is -0.379 e. The number of hydrogen-bond donors (Lipinski definition) is 1. The van der Waals surface area contributed by atoms with Gasteiger partial charge in [0.15, 0.2) is 0 Å². The van der Waals surface area contributed by atoms with Gasteiger partial charge in [-0.1, -0.05) is 12.2 Å². The van der Waals surface area contributed by atoms with Crippen LogP contribution in [0.15, 0.2) is 0 Å². The Balaban J connectivity index is 2.98. The molecule has 0 aromatic carbocycles. The van der Waals surface area contributed by atoms with Gasteiger partial charge in [-0.3, -0.25) is 0 Å². The fourth-order valence-corrected chi connectivity index (χ4v) is 1.87. The van der Waals surface area contributed by atoms with Crippen molar-refractivity contribution in [1.82, 2.24) is 5.32 Å². The van der Waals surface area contributed by atoms with E-state index in [0.29, 0.717) is 85.9 Å². The molecule has 0 spiro atoms. The average molecular weight is 412 g/mol.